The summed E-state index contributed by atoms with van der Waals surface area (Å²) in [6.07, 6.45) is 1.62. The monoisotopic (exact) mass is 405 g/mol. The minimum absolute atomic E-state index is 0.0283. The van der Waals surface area contributed by atoms with Crippen LogP contribution in [0.3, 0.4) is 0 Å². The van der Waals surface area contributed by atoms with Crippen LogP contribution >= 0.6 is 11.6 Å². The summed E-state index contributed by atoms with van der Waals surface area (Å²) in [6.45, 7) is 3.02. The van der Waals surface area contributed by atoms with E-state index in [9.17, 15) is 14.3 Å². The van der Waals surface area contributed by atoms with Crippen molar-refractivity contribution >= 4 is 17.5 Å². The van der Waals surface area contributed by atoms with E-state index in [0.29, 0.717) is 48.7 Å². The van der Waals surface area contributed by atoms with E-state index in [1.807, 2.05) is 19.1 Å². The van der Waals surface area contributed by atoms with Gasteiger partial charge in [0.15, 0.2) is 0 Å². The van der Waals surface area contributed by atoms with Crippen molar-refractivity contribution in [3.63, 3.8) is 0 Å². The van der Waals surface area contributed by atoms with Crippen LogP contribution < -0.4 is 4.74 Å². The zero-order valence-corrected chi connectivity index (χ0v) is 16.7. The SMILES string of the molecule is Cc1ccc(Cl)c(OCC2(O)CCCN(C(=O)Cc3ccccc3F)CC2)c1. The van der Waals surface area contributed by atoms with Gasteiger partial charge in [-0.25, -0.2) is 4.39 Å². The molecule has 0 spiro atoms. The molecule has 3 rings (SSSR count). The Morgan fingerprint density at radius 3 is 2.82 bits per heavy atom. The Balaban J connectivity index is 1.58. The number of amides is 1. The summed E-state index contributed by atoms with van der Waals surface area (Å²) >= 11 is 6.16. The van der Waals surface area contributed by atoms with Crippen molar-refractivity contribution < 1.29 is 19.0 Å². The normalized spacial score (nSPS) is 19.9. The lowest BCUT2D eigenvalue weighted by Gasteiger charge is -2.27. The highest BCUT2D eigenvalue weighted by Gasteiger charge is 2.32. The summed E-state index contributed by atoms with van der Waals surface area (Å²) in [7, 11) is 0. The van der Waals surface area contributed by atoms with Crippen molar-refractivity contribution in [1.82, 2.24) is 4.90 Å². The van der Waals surface area contributed by atoms with E-state index >= 15 is 0 Å². The van der Waals surface area contributed by atoms with E-state index in [4.69, 9.17) is 16.3 Å². The van der Waals surface area contributed by atoms with Gasteiger partial charge in [0.05, 0.1) is 11.4 Å². The lowest BCUT2D eigenvalue weighted by Crippen LogP contribution is -2.38. The topological polar surface area (TPSA) is 49.8 Å². The second kappa shape index (κ2) is 8.93. The molecule has 1 heterocycles. The highest BCUT2D eigenvalue weighted by molar-refractivity contribution is 6.32. The molecule has 1 amide bonds. The third-order valence-electron chi connectivity index (χ3n) is 5.15. The molecule has 0 aromatic heterocycles. The van der Waals surface area contributed by atoms with Gasteiger partial charge >= 0.3 is 0 Å². The molecule has 1 saturated heterocycles. The van der Waals surface area contributed by atoms with Gasteiger partial charge in [-0.05, 0) is 55.5 Å². The molecule has 0 saturated carbocycles. The summed E-state index contributed by atoms with van der Waals surface area (Å²) in [5.74, 6) is 0.0504. The lowest BCUT2D eigenvalue weighted by atomic mass is 9.96. The van der Waals surface area contributed by atoms with Gasteiger partial charge in [0.2, 0.25) is 5.91 Å². The van der Waals surface area contributed by atoms with Gasteiger partial charge in [-0.2, -0.15) is 0 Å². The summed E-state index contributed by atoms with van der Waals surface area (Å²) in [5, 5.41) is 11.4. The maximum absolute atomic E-state index is 13.8. The fourth-order valence-electron chi connectivity index (χ4n) is 3.42. The molecule has 1 fully saturated rings. The van der Waals surface area contributed by atoms with Gasteiger partial charge in [0.1, 0.15) is 23.8 Å². The third-order valence-corrected chi connectivity index (χ3v) is 5.46. The molecule has 0 bridgehead atoms. The Bertz CT molecular complexity index is 844. The van der Waals surface area contributed by atoms with E-state index in [2.05, 4.69) is 0 Å². The van der Waals surface area contributed by atoms with Crippen LogP contribution in [0.15, 0.2) is 42.5 Å². The van der Waals surface area contributed by atoms with Crippen LogP contribution in [-0.4, -0.2) is 41.2 Å². The molecule has 4 nitrogen and oxygen atoms in total. The third kappa shape index (κ3) is 5.24. The molecule has 1 atom stereocenters. The van der Waals surface area contributed by atoms with Gasteiger partial charge in [0.25, 0.3) is 0 Å². The van der Waals surface area contributed by atoms with E-state index in [0.717, 1.165) is 5.56 Å². The van der Waals surface area contributed by atoms with Gasteiger partial charge in [-0.15, -0.1) is 0 Å². The Morgan fingerprint density at radius 1 is 1.25 bits per heavy atom. The molecule has 1 aliphatic heterocycles. The Hall–Kier alpha value is -2.11. The Morgan fingerprint density at radius 2 is 2.04 bits per heavy atom. The highest BCUT2D eigenvalue weighted by Crippen LogP contribution is 2.29. The number of carbonyl (C=O) groups is 1. The van der Waals surface area contributed by atoms with E-state index in [1.165, 1.54) is 6.07 Å². The van der Waals surface area contributed by atoms with Crippen LogP contribution in [0.5, 0.6) is 5.75 Å². The van der Waals surface area contributed by atoms with Crippen molar-refractivity contribution in [2.45, 2.75) is 38.2 Å². The number of aryl methyl sites for hydroxylation is 1. The maximum atomic E-state index is 13.8. The first-order valence-corrected chi connectivity index (χ1v) is 9.87. The maximum Gasteiger partial charge on any atom is 0.227 e. The quantitative estimate of drug-likeness (QED) is 0.812. The van der Waals surface area contributed by atoms with E-state index < -0.39 is 5.60 Å². The molecule has 1 N–H and O–H groups in total. The summed E-state index contributed by atoms with van der Waals surface area (Å²) in [6, 6.07) is 11.8. The summed E-state index contributed by atoms with van der Waals surface area (Å²) < 4.78 is 19.6. The minimum atomic E-state index is -1.03. The molecule has 2 aromatic rings. The van der Waals surface area contributed by atoms with Crippen molar-refractivity contribution in [1.29, 1.82) is 0 Å². The number of likely N-dealkylation sites (tertiary alicyclic amines) is 1. The smallest absolute Gasteiger partial charge is 0.227 e. The fourth-order valence-corrected chi connectivity index (χ4v) is 3.59. The largest absolute Gasteiger partial charge is 0.489 e. The Labute approximate surface area is 169 Å². The van der Waals surface area contributed by atoms with Gasteiger partial charge in [-0.1, -0.05) is 35.9 Å². The first-order chi connectivity index (χ1) is 13.4. The number of halogens is 2. The van der Waals surface area contributed by atoms with E-state index in [-0.39, 0.29) is 24.8 Å². The molecular weight excluding hydrogens is 381 g/mol. The number of nitrogens with zero attached hydrogens (tertiary/aromatic N) is 1. The highest BCUT2D eigenvalue weighted by atomic mass is 35.5. The number of hydrogen-bond donors (Lipinski definition) is 1. The van der Waals surface area contributed by atoms with Crippen molar-refractivity contribution in [2.75, 3.05) is 19.7 Å². The molecule has 1 aliphatic rings. The molecule has 1 unspecified atom stereocenters. The van der Waals surface area contributed by atoms with Crippen LogP contribution in [0.25, 0.3) is 0 Å². The van der Waals surface area contributed by atoms with Gasteiger partial charge < -0.3 is 14.7 Å². The van der Waals surface area contributed by atoms with Crippen LogP contribution in [0.1, 0.15) is 30.4 Å². The summed E-state index contributed by atoms with van der Waals surface area (Å²) in [4.78, 5) is 14.3. The first kappa shape index (κ1) is 20.6. The average molecular weight is 406 g/mol. The fraction of sp³-hybridized carbons (Fsp3) is 0.409. The van der Waals surface area contributed by atoms with E-state index in [1.54, 1.807) is 29.2 Å². The number of hydrogen-bond acceptors (Lipinski definition) is 3. The molecule has 150 valence electrons. The van der Waals surface area contributed by atoms with Crippen LogP contribution in [-0.2, 0) is 11.2 Å². The standard InChI is InChI=1S/C22H25ClFNO3/c1-16-7-8-18(23)20(13-16)28-15-22(27)9-4-11-25(12-10-22)21(26)14-17-5-2-3-6-19(17)24/h2-3,5-8,13,27H,4,9-12,14-15H2,1H3. The predicted molar refractivity (Wildman–Crippen MR) is 107 cm³/mol. The molecular formula is C22H25ClFNO3. The van der Waals surface area contributed by atoms with Crippen molar-refractivity contribution in [3.05, 3.63) is 64.4 Å². The molecule has 0 radical (unpaired) electrons. The average Bonchev–Trinajstić information content (AvgIpc) is 2.87. The first-order valence-electron chi connectivity index (χ1n) is 9.49. The Kier molecular flexibility index (Phi) is 6.57. The van der Waals surface area contributed by atoms with Gasteiger partial charge in [0, 0.05) is 13.1 Å². The molecule has 2 aromatic carbocycles. The van der Waals surface area contributed by atoms with Gasteiger partial charge in [-0.3, -0.25) is 4.79 Å². The van der Waals surface area contributed by atoms with Crippen molar-refractivity contribution in [2.24, 2.45) is 0 Å². The predicted octanol–water partition coefficient (Wildman–Crippen LogP) is 4.15. The number of aliphatic hydroxyl groups is 1. The second-order valence-electron chi connectivity index (χ2n) is 7.45. The summed E-state index contributed by atoms with van der Waals surface area (Å²) in [5.41, 5.74) is 0.390. The molecule has 0 aliphatic carbocycles. The van der Waals surface area contributed by atoms with Crippen LogP contribution in [0.4, 0.5) is 4.39 Å². The number of benzene rings is 2. The van der Waals surface area contributed by atoms with Crippen molar-refractivity contribution in [3.8, 4) is 5.75 Å². The minimum Gasteiger partial charge on any atom is -0.489 e. The number of ether oxygens (including phenoxy) is 1. The zero-order valence-electron chi connectivity index (χ0n) is 16.0. The van der Waals surface area contributed by atoms with Crippen LogP contribution in [0, 0.1) is 12.7 Å². The molecule has 28 heavy (non-hydrogen) atoms. The second-order valence-corrected chi connectivity index (χ2v) is 7.86. The lowest BCUT2D eigenvalue weighted by molar-refractivity contribution is -0.130. The van der Waals surface area contributed by atoms with Crippen LogP contribution in [0.2, 0.25) is 5.02 Å². The number of carbonyl (C=O) groups excluding carboxylic acids is 1. The zero-order chi connectivity index (χ0) is 20.1. The number of rotatable bonds is 5. The molecule has 6 heteroatoms.